The molecule has 0 fully saturated rings. The van der Waals surface area contributed by atoms with Crippen molar-refractivity contribution in [1.29, 1.82) is 0 Å². The summed E-state index contributed by atoms with van der Waals surface area (Å²) < 4.78 is 42.9. The van der Waals surface area contributed by atoms with Crippen LogP contribution in [0.2, 0.25) is 0 Å². The van der Waals surface area contributed by atoms with E-state index < -0.39 is 18.6 Å². The topological polar surface area (TPSA) is 71.4 Å². The monoisotopic (exact) mass is 308 g/mol. The second kappa shape index (κ2) is 5.64. The van der Waals surface area contributed by atoms with Gasteiger partial charge < -0.3 is 0 Å². The Morgan fingerprint density at radius 3 is 2.39 bits per heavy atom. The van der Waals surface area contributed by atoms with Crippen molar-refractivity contribution in [1.82, 2.24) is 0 Å². The van der Waals surface area contributed by atoms with Crippen LogP contribution in [0.1, 0.15) is 17.5 Å². The summed E-state index contributed by atoms with van der Waals surface area (Å²) in [5.74, 6) is 0.362. The predicted octanol–water partition coefficient (Wildman–Crippen LogP) is 1.55. The molecule has 1 atom stereocenters. The van der Waals surface area contributed by atoms with Gasteiger partial charge in [-0.1, -0.05) is 17.7 Å². The molecule has 7 heteroatoms. The molecule has 1 unspecified atom stereocenters. The Morgan fingerprint density at radius 1 is 1.28 bits per heavy atom. The molecule has 0 bridgehead atoms. The highest BCUT2D eigenvalue weighted by molar-refractivity contribution is 8.32. The maximum absolute atomic E-state index is 11.4. The summed E-state index contributed by atoms with van der Waals surface area (Å²) in [5, 5.41) is 0. The molecular weight excluding hydrogens is 292 g/mol. The quantitative estimate of drug-likeness (QED) is 0.836. The summed E-state index contributed by atoms with van der Waals surface area (Å²) >= 11 is 4.79. The molecule has 0 heterocycles. The first-order valence-electron chi connectivity index (χ1n) is 5.34. The van der Waals surface area contributed by atoms with Gasteiger partial charge in [-0.05, 0) is 42.6 Å². The van der Waals surface area contributed by atoms with E-state index in [1.54, 1.807) is 12.1 Å². The normalized spacial score (nSPS) is 15.3. The van der Waals surface area contributed by atoms with Crippen molar-refractivity contribution in [2.24, 2.45) is 0 Å². The van der Waals surface area contributed by atoms with Gasteiger partial charge in [0.05, 0.1) is 4.90 Å². The zero-order valence-corrected chi connectivity index (χ0v) is 12.7. The number of aryl methyl sites for hydroxylation is 2. The van der Waals surface area contributed by atoms with Gasteiger partial charge >= 0.3 is 0 Å². The van der Waals surface area contributed by atoms with Crippen molar-refractivity contribution in [3.8, 4) is 0 Å². The van der Waals surface area contributed by atoms with Crippen LogP contribution in [0.4, 0.5) is 0 Å². The lowest BCUT2D eigenvalue weighted by Gasteiger charge is -2.08. The van der Waals surface area contributed by atoms with Crippen LogP contribution in [0.25, 0.3) is 0 Å². The van der Waals surface area contributed by atoms with Gasteiger partial charge in [-0.15, -0.1) is 0 Å². The van der Waals surface area contributed by atoms with Crippen molar-refractivity contribution in [3.63, 3.8) is 0 Å². The highest BCUT2D eigenvalue weighted by atomic mass is 32.8. The van der Waals surface area contributed by atoms with Gasteiger partial charge in [-0.2, -0.15) is 8.42 Å². The largest absolute Gasteiger partial charge is 0.294 e. The first-order valence-corrected chi connectivity index (χ1v) is 9.84. The highest BCUT2D eigenvalue weighted by Gasteiger charge is 2.15. The lowest BCUT2D eigenvalue weighted by Crippen LogP contribution is -2.07. The van der Waals surface area contributed by atoms with Crippen molar-refractivity contribution in [2.45, 2.75) is 24.7 Å². The predicted molar refractivity (Wildman–Crippen MR) is 75.6 cm³/mol. The molecule has 1 N–H and O–H groups in total. The fourth-order valence-corrected chi connectivity index (χ4v) is 3.43. The van der Waals surface area contributed by atoms with E-state index in [1.165, 1.54) is 12.3 Å². The van der Waals surface area contributed by atoms with Gasteiger partial charge in [0, 0.05) is 20.5 Å². The van der Waals surface area contributed by atoms with Gasteiger partial charge in [0.25, 0.3) is 10.1 Å². The van der Waals surface area contributed by atoms with Crippen LogP contribution >= 0.6 is 0 Å². The van der Waals surface area contributed by atoms with E-state index in [4.69, 9.17) is 15.7 Å². The zero-order valence-electron chi connectivity index (χ0n) is 10.3. The smallest absolute Gasteiger partial charge is 0.282 e. The van der Waals surface area contributed by atoms with Crippen molar-refractivity contribution >= 4 is 29.8 Å². The van der Waals surface area contributed by atoms with E-state index in [-0.39, 0.29) is 4.90 Å². The molecule has 1 rings (SSSR count). The second-order valence-electron chi connectivity index (χ2n) is 4.32. The summed E-state index contributed by atoms with van der Waals surface area (Å²) in [4.78, 5) is -0.0833. The summed E-state index contributed by atoms with van der Waals surface area (Å²) in [5.41, 5.74) is 1.45. The van der Waals surface area contributed by atoms with Crippen LogP contribution in [-0.2, 0) is 36.2 Å². The molecule has 0 spiro atoms. The molecule has 0 aliphatic carbocycles. The Bertz CT molecular complexity index is 630. The minimum absolute atomic E-state index is 0.0833. The van der Waals surface area contributed by atoms with Crippen LogP contribution in [0.15, 0.2) is 23.1 Å². The van der Waals surface area contributed by atoms with Gasteiger partial charge in [-0.3, -0.25) is 8.76 Å². The van der Waals surface area contributed by atoms with Gasteiger partial charge in [-0.25, -0.2) is 0 Å². The molecule has 0 saturated heterocycles. The Morgan fingerprint density at radius 2 is 1.89 bits per heavy atom. The summed E-state index contributed by atoms with van der Waals surface area (Å²) in [6.07, 6.45) is 2.46. The minimum atomic E-state index is -4.21. The Labute approximate surface area is 113 Å². The van der Waals surface area contributed by atoms with E-state index in [0.717, 1.165) is 5.56 Å². The Kier molecular flexibility index (Phi) is 4.88. The molecule has 1 aromatic rings. The summed E-state index contributed by atoms with van der Waals surface area (Å²) in [6.45, 7) is 1.84. The van der Waals surface area contributed by atoms with E-state index >= 15 is 0 Å². The minimum Gasteiger partial charge on any atom is -0.282 e. The molecule has 1 aromatic carbocycles. The average molecular weight is 308 g/mol. The lowest BCUT2D eigenvalue weighted by molar-refractivity contribution is 0.482. The third-order valence-electron chi connectivity index (χ3n) is 2.46. The molecule has 102 valence electrons. The van der Waals surface area contributed by atoms with Crippen LogP contribution in [0.5, 0.6) is 0 Å². The Hall–Kier alpha value is -0.500. The maximum atomic E-state index is 11.4. The van der Waals surface area contributed by atoms with Crippen molar-refractivity contribution in [3.05, 3.63) is 29.3 Å². The van der Waals surface area contributed by atoms with Crippen molar-refractivity contribution in [2.75, 3.05) is 12.0 Å². The average Bonchev–Trinajstić information content (AvgIpc) is 2.13. The fourth-order valence-electron chi connectivity index (χ4n) is 1.68. The second-order valence-corrected chi connectivity index (χ2v) is 10.1. The number of benzene rings is 1. The van der Waals surface area contributed by atoms with Crippen LogP contribution in [0.3, 0.4) is 0 Å². The van der Waals surface area contributed by atoms with E-state index in [0.29, 0.717) is 24.2 Å². The van der Waals surface area contributed by atoms with Crippen LogP contribution in [-0.4, -0.2) is 29.2 Å². The lowest BCUT2D eigenvalue weighted by atomic mass is 10.1. The van der Waals surface area contributed by atoms with Crippen molar-refractivity contribution < 1.29 is 17.2 Å². The van der Waals surface area contributed by atoms with Crippen LogP contribution < -0.4 is 0 Å². The maximum Gasteiger partial charge on any atom is 0.294 e. The van der Waals surface area contributed by atoms with Gasteiger partial charge in [0.1, 0.15) is 0 Å². The van der Waals surface area contributed by atoms with E-state index in [2.05, 4.69) is 0 Å². The van der Waals surface area contributed by atoms with E-state index in [9.17, 15) is 12.6 Å². The molecule has 0 amide bonds. The summed E-state index contributed by atoms with van der Waals surface area (Å²) in [6, 6.07) is 4.73. The molecule has 0 aromatic heterocycles. The SMILES string of the molecule is Cc1ccc(S(=O)(=O)O)c(CCCS(C)(=O)=S)c1. The first kappa shape index (κ1) is 15.6. The molecule has 0 aliphatic rings. The third kappa shape index (κ3) is 5.01. The Balaban J connectivity index is 2.97. The number of rotatable bonds is 5. The third-order valence-corrected chi connectivity index (χ3v) is 4.94. The molecule has 0 aliphatic heterocycles. The highest BCUT2D eigenvalue weighted by Crippen LogP contribution is 2.19. The molecule has 18 heavy (non-hydrogen) atoms. The van der Waals surface area contributed by atoms with Gasteiger partial charge in [0.15, 0.2) is 0 Å². The van der Waals surface area contributed by atoms with E-state index in [1.807, 2.05) is 6.92 Å². The summed E-state index contributed by atoms with van der Waals surface area (Å²) in [7, 11) is -6.44. The molecule has 0 saturated carbocycles. The first-order chi connectivity index (χ1) is 8.09. The molecule has 0 radical (unpaired) electrons. The standard InChI is InChI=1S/C11H16O4S3/c1-9-5-6-11(18(13,14)15)10(8-9)4-3-7-17(2,12)16/h5-6,8H,3-4,7H2,1-2H3,(H,13,14,15). The molecular formula is C11H16O4S3. The fraction of sp³-hybridized carbons (Fsp3) is 0.455. The number of hydrogen-bond acceptors (Lipinski definition) is 4. The zero-order chi connectivity index (χ0) is 14.0. The van der Waals surface area contributed by atoms with Gasteiger partial charge in [0.2, 0.25) is 0 Å². The number of hydrogen-bond donors (Lipinski definition) is 1. The van der Waals surface area contributed by atoms with Crippen LogP contribution in [0, 0.1) is 6.92 Å². The molecule has 4 nitrogen and oxygen atoms in total.